The summed E-state index contributed by atoms with van der Waals surface area (Å²) >= 11 is 0. The summed E-state index contributed by atoms with van der Waals surface area (Å²) in [5.74, 6) is -1.02. The fourth-order valence-electron chi connectivity index (χ4n) is 1.67. The van der Waals surface area contributed by atoms with Gasteiger partial charge in [0.2, 0.25) is 15.9 Å². The van der Waals surface area contributed by atoms with Gasteiger partial charge >= 0.3 is 0 Å². The van der Waals surface area contributed by atoms with Crippen LogP contribution in [0.1, 0.15) is 13.8 Å². The molecule has 0 aromatic heterocycles. The third kappa shape index (κ3) is 3.66. The van der Waals surface area contributed by atoms with Crippen molar-refractivity contribution in [2.24, 2.45) is 0 Å². The van der Waals surface area contributed by atoms with Crippen molar-refractivity contribution in [2.75, 3.05) is 25.5 Å². The zero-order chi connectivity index (χ0) is 13.8. The van der Waals surface area contributed by atoms with Crippen molar-refractivity contribution in [3.05, 3.63) is 0 Å². The molecule has 7 nitrogen and oxygen atoms in total. The SMILES string of the molecule is CC(C)NC(=O)C1COCCN1S(=O)(=O)CC#N. The number of amides is 1. The van der Waals surface area contributed by atoms with Crippen molar-refractivity contribution in [3.8, 4) is 6.07 Å². The molecule has 0 saturated carbocycles. The van der Waals surface area contributed by atoms with Crippen molar-refractivity contribution < 1.29 is 17.9 Å². The van der Waals surface area contributed by atoms with Crippen molar-refractivity contribution in [3.63, 3.8) is 0 Å². The number of carbonyl (C=O) groups excluding carboxylic acids is 1. The Balaban J connectivity index is 2.87. The topological polar surface area (TPSA) is 99.5 Å². The largest absolute Gasteiger partial charge is 0.378 e. The van der Waals surface area contributed by atoms with Crippen LogP contribution in [0, 0.1) is 11.3 Å². The zero-order valence-electron chi connectivity index (χ0n) is 10.4. The number of nitrogens with zero attached hydrogens (tertiary/aromatic N) is 2. The first-order valence-corrected chi connectivity index (χ1v) is 7.24. The molecular formula is C10H17N3O4S. The second-order valence-corrected chi connectivity index (χ2v) is 6.20. The summed E-state index contributed by atoms with van der Waals surface area (Å²) < 4.78 is 29.9. The smallest absolute Gasteiger partial charge is 0.241 e. The van der Waals surface area contributed by atoms with E-state index in [1.54, 1.807) is 19.9 Å². The highest BCUT2D eigenvalue weighted by Gasteiger charge is 2.37. The van der Waals surface area contributed by atoms with E-state index in [1.807, 2.05) is 0 Å². The third-order valence-corrected chi connectivity index (χ3v) is 4.06. The summed E-state index contributed by atoms with van der Waals surface area (Å²) in [4.78, 5) is 11.9. The minimum Gasteiger partial charge on any atom is -0.378 e. The predicted octanol–water partition coefficient (Wildman–Crippen LogP) is -0.935. The van der Waals surface area contributed by atoms with Crippen molar-refractivity contribution in [2.45, 2.75) is 25.9 Å². The van der Waals surface area contributed by atoms with E-state index in [9.17, 15) is 13.2 Å². The van der Waals surface area contributed by atoms with Crippen LogP contribution in [0.15, 0.2) is 0 Å². The van der Waals surface area contributed by atoms with Gasteiger partial charge in [-0.05, 0) is 13.8 Å². The van der Waals surface area contributed by atoms with Gasteiger partial charge in [-0.25, -0.2) is 8.42 Å². The lowest BCUT2D eigenvalue weighted by Gasteiger charge is -2.33. The molecule has 1 saturated heterocycles. The highest BCUT2D eigenvalue weighted by molar-refractivity contribution is 7.89. The Morgan fingerprint density at radius 1 is 1.61 bits per heavy atom. The second kappa shape index (κ2) is 6.13. The van der Waals surface area contributed by atoms with E-state index < -0.39 is 27.7 Å². The molecule has 0 aliphatic carbocycles. The lowest BCUT2D eigenvalue weighted by Crippen LogP contribution is -2.57. The van der Waals surface area contributed by atoms with E-state index in [0.717, 1.165) is 4.31 Å². The summed E-state index contributed by atoms with van der Waals surface area (Å²) in [6.45, 7) is 3.92. The molecule has 18 heavy (non-hydrogen) atoms. The van der Waals surface area contributed by atoms with Gasteiger partial charge in [0, 0.05) is 12.6 Å². The number of sulfonamides is 1. The molecule has 1 atom stereocenters. The van der Waals surface area contributed by atoms with E-state index in [-0.39, 0.29) is 25.8 Å². The van der Waals surface area contributed by atoms with Crippen molar-refractivity contribution in [1.29, 1.82) is 5.26 Å². The van der Waals surface area contributed by atoms with Crippen molar-refractivity contribution in [1.82, 2.24) is 9.62 Å². The predicted molar refractivity (Wildman–Crippen MR) is 64.0 cm³/mol. The minimum atomic E-state index is -3.73. The number of hydrogen-bond donors (Lipinski definition) is 1. The number of carbonyl (C=O) groups is 1. The zero-order valence-corrected chi connectivity index (χ0v) is 11.2. The van der Waals surface area contributed by atoms with Gasteiger partial charge in [0.05, 0.1) is 19.3 Å². The van der Waals surface area contributed by atoms with Gasteiger partial charge in [-0.3, -0.25) is 4.79 Å². The van der Waals surface area contributed by atoms with Crippen LogP contribution in [0.25, 0.3) is 0 Å². The van der Waals surface area contributed by atoms with Crippen LogP contribution in [-0.4, -0.2) is 56.2 Å². The first-order valence-electron chi connectivity index (χ1n) is 5.63. The van der Waals surface area contributed by atoms with E-state index in [1.165, 1.54) is 0 Å². The highest BCUT2D eigenvalue weighted by atomic mass is 32.2. The van der Waals surface area contributed by atoms with Gasteiger partial charge < -0.3 is 10.1 Å². The molecule has 1 heterocycles. The summed E-state index contributed by atoms with van der Waals surface area (Å²) in [6, 6.07) is 0.631. The second-order valence-electron chi connectivity index (χ2n) is 4.28. The molecule has 0 bridgehead atoms. The minimum absolute atomic E-state index is 0.0171. The molecule has 8 heteroatoms. The third-order valence-electron chi connectivity index (χ3n) is 2.42. The highest BCUT2D eigenvalue weighted by Crippen LogP contribution is 2.13. The van der Waals surface area contributed by atoms with Crippen LogP contribution < -0.4 is 5.32 Å². The van der Waals surface area contributed by atoms with Gasteiger partial charge in [-0.2, -0.15) is 9.57 Å². The molecule has 0 aromatic carbocycles. The molecule has 1 aliphatic rings. The normalized spacial score (nSPS) is 21.6. The van der Waals surface area contributed by atoms with Crippen molar-refractivity contribution >= 4 is 15.9 Å². The molecular weight excluding hydrogens is 258 g/mol. The van der Waals surface area contributed by atoms with E-state index in [2.05, 4.69) is 5.32 Å². The Kier molecular flexibility index (Phi) is 5.07. The van der Waals surface area contributed by atoms with Crippen LogP contribution in [0.3, 0.4) is 0 Å². The Labute approximate surface area is 107 Å². The molecule has 1 N–H and O–H groups in total. The number of hydrogen-bond acceptors (Lipinski definition) is 5. The number of rotatable bonds is 4. The Hall–Kier alpha value is -1.17. The molecule has 0 aromatic rings. The van der Waals surface area contributed by atoms with Crippen LogP contribution >= 0.6 is 0 Å². The molecule has 1 fully saturated rings. The summed E-state index contributed by atoms with van der Waals surface area (Å²) in [5.41, 5.74) is 0. The lowest BCUT2D eigenvalue weighted by atomic mass is 10.2. The maximum Gasteiger partial charge on any atom is 0.241 e. The monoisotopic (exact) mass is 275 g/mol. The van der Waals surface area contributed by atoms with Crippen LogP contribution in [-0.2, 0) is 19.6 Å². The average molecular weight is 275 g/mol. The maximum absolute atomic E-state index is 11.9. The standard InChI is InChI=1S/C10H17N3O4S/c1-8(2)12-10(14)9-7-17-5-4-13(9)18(15,16)6-3-11/h8-9H,4-7H2,1-2H3,(H,12,14). The first-order chi connectivity index (χ1) is 8.38. The van der Waals surface area contributed by atoms with Gasteiger partial charge in [0.1, 0.15) is 6.04 Å². The van der Waals surface area contributed by atoms with E-state index in [4.69, 9.17) is 10.00 Å². The quantitative estimate of drug-likeness (QED) is 0.714. The maximum atomic E-state index is 11.9. The van der Waals surface area contributed by atoms with Gasteiger partial charge in [0.15, 0.2) is 5.75 Å². The summed E-state index contributed by atoms with van der Waals surface area (Å²) in [7, 11) is -3.73. The number of morpholine rings is 1. The van der Waals surface area contributed by atoms with Gasteiger partial charge in [-0.15, -0.1) is 0 Å². The van der Waals surface area contributed by atoms with Crippen LogP contribution in [0.2, 0.25) is 0 Å². The number of ether oxygens (including phenoxy) is 1. The molecule has 1 rings (SSSR count). The van der Waals surface area contributed by atoms with Crippen LogP contribution in [0.4, 0.5) is 0 Å². The summed E-state index contributed by atoms with van der Waals surface area (Å²) in [6.07, 6.45) is 0. The Bertz CT molecular complexity index is 441. The number of nitrogens with one attached hydrogen (secondary N) is 1. The number of nitriles is 1. The molecule has 1 unspecified atom stereocenters. The molecule has 0 spiro atoms. The molecule has 0 radical (unpaired) electrons. The van der Waals surface area contributed by atoms with Gasteiger partial charge in [0.25, 0.3) is 0 Å². The van der Waals surface area contributed by atoms with Crippen LogP contribution in [0.5, 0.6) is 0 Å². The average Bonchev–Trinajstić information content (AvgIpc) is 2.28. The Morgan fingerprint density at radius 3 is 2.83 bits per heavy atom. The Morgan fingerprint density at radius 2 is 2.28 bits per heavy atom. The molecule has 1 aliphatic heterocycles. The fraction of sp³-hybridized carbons (Fsp3) is 0.800. The summed E-state index contributed by atoms with van der Waals surface area (Å²) in [5, 5.41) is 11.2. The molecule has 1 amide bonds. The van der Waals surface area contributed by atoms with E-state index >= 15 is 0 Å². The fourth-order valence-corrected chi connectivity index (χ4v) is 2.90. The van der Waals surface area contributed by atoms with E-state index in [0.29, 0.717) is 0 Å². The molecule has 102 valence electrons. The first kappa shape index (κ1) is 14.9. The van der Waals surface area contributed by atoms with Gasteiger partial charge in [-0.1, -0.05) is 0 Å². The lowest BCUT2D eigenvalue weighted by molar-refractivity contribution is -0.129.